The third kappa shape index (κ3) is 4.31. The molecule has 1 aromatic carbocycles. The molecule has 10 heteroatoms. The van der Waals surface area contributed by atoms with Gasteiger partial charge in [0, 0.05) is 34.9 Å². The number of benzene rings is 1. The average Bonchev–Trinajstić information content (AvgIpc) is 3.35. The number of piperidine rings is 1. The third-order valence-electron chi connectivity index (χ3n) is 6.43. The van der Waals surface area contributed by atoms with Gasteiger partial charge in [-0.2, -0.15) is 0 Å². The van der Waals surface area contributed by atoms with Crippen LogP contribution in [0.2, 0.25) is 0 Å². The highest BCUT2D eigenvalue weighted by molar-refractivity contribution is 5.95. The lowest BCUT2D eigenvalue weighted by atomic mass is 10.1. The Morgan fingerprint density at radius 1 is 1.23 bits per heavy atom. The number of pyridine rings is 1. The van der Waals surface area contributed by atoms with Crippen LogP contribution >= 0.6 is 0 Å². The molecule has 1 aliphatic heterocycles. The maximum atomic E-state index is 13.4. The van der Waals surface area contributed by atoms with Crippen molar-refractivity contribution in [3.05, 3.63) is 59.9 Å². The quantitative estimate of drug-likeness (QED) is 0.462. The van der Waals surface area contributed by atoms with Crippen molar-refractivity contribution < 1.29 is 23.1 Å². The number of para-hydroxylation sites is 1. The number of likely N-dealkylation sites (tertiary alicyclic amines) is 1. The first-order valence-corrected chi connectivity index (χ1v) is 11.4. The fourth-order valence-electron chi connectivity index (χ4n) is 4.85. The Balaban J connectivity index is 1.50. The molecule has 1 aliphatic rings. The number of carbonyl (C=O) groups excluding carboxylic acids is 2. The zero-order valence-electron chi connectivity index (χ0n) is 19.2. The van der Waals surface area contributed by atoms with Crippen LogP contribution in [0.4, 0.5) is 13.6 Å². The van der Waals surface area contributed by atoms with E-state index in [-0.39, 0.29) is 12.5 Å². The van der Waals surface area contributed by atoms with Crippen molar-refractivity contribution in [2.45, 2.75) is 38.8 Å². The second-order valence-corrected chi connectivity index (χ2v) is 8.73. The number of nitrogens with zero attached hydrogens (tertiary/aromatic N) is 4. The molecule has 8 nitrogen and oxygen atoms in total. The van der Waals surface area contributed by atoms with E-state index in [0.29, 0.717) is 47.5 Å². The predicted molar refractivity (Wildman–Crippen MR) is 126 cm³/mol. The number of ether oxygens (including phenoxy) is 1. The molecule has 35 heavy (non-hydrogen) atoms. The Morgan fingerprint density at radius 2 is 2.03 bits per heavy atom. The molecule has 0 radical (unpaired) electrons. The highest BCUT2D eigenvalue weighted by Crippen LogP contribution is 2.31. The molecule has 1 fully saturated rings. The number of aryl methyl sites for hydroxylation is 1. The van der Waals surface area contributed by atoms with Gasteiger partial charge in [-0.05, 0) is 44.0 Å². The molecular formula is C25H25F2N5O3. The van der Waals surface area contributed by atoms with Crippen LogP contribution in [0.1, 0.15) is 28.9 Å². The molecule has 2 amide bonds. The zero-order chi connectivity index (χ0) is 24.7. The van der Waals surface area contributed by atoms with Crippen molar-refractivity contribution in [3.8, 4) is 11.4 Å². The molecule has 182 valence electrons. The van der Waals surface area contributed by atoms with Gasteiger partial charge in [0.05, 0.1) is 18.8 Å². The molecule has 0 bridgehead atoms. The van der Waals surface area contributed by atoms with Crippen molar-refractivity contribution in [2.75, 3.05) is 13.1 Å². The number of amides is 2. The Kier molecular flexibility index (Phi) is 5.88. The average molecular weight is 482 g/mol. The van der Waals surface area contributed by atoms with Crippen LogP contribution in [0.25, 0.3) is 27.9 Å². The van der Waals surface area contributed by atoms with Gasteiger partial charge in [0.1, 0.15) is 17.4 Å². The number of carbonyl (C=O) groups is 2. The fourth-order valence-corrected chi connectivity index (χ4v) is 4.85. The van der Waals surface area contributed by atoms with Gasteiger partial charge >= 0.3 is 6.09 Å². The van der Waals surface area contributed by atoms with E-state index in [0.717, 1.165) is 11.1 Å². The van der Waals surface area contributed by atoms with E-state index in [9.17, 15) is 18.4 Å². The molecule has 0 unspecified atom stereocenters. The van der Waals surface area contributed by atoms with Crippen molar-refractivity contribution in [3.63, 3.8) is 0 Å². The molecule has 0 saturated carbocycles. The van der Waals surface area contributed by atoms with E-state index in [1.165, 1.54) is 0 Å². The van der Waals surface area contributed by atoms with Crippen LogP contribution < -0.4 is 5.73 Å². The van der Waals surface area contributed by atoms with Crippen molar-refractivity contribution in [1.82, 2.24) is 18.9 Å². The van der Waals surface area contributed by atoms with Crippen molar-refractivity contribution in [2.24, 2.45) is 5.73 Å². The van der Waals surface area contributed by atoms with Crippen LogP contribution in [0.15, 0.2) is 48.7 Å². The Morgan fingerprint density at radius 3 is 2.80 bits per heavy atom. The zero-order valence-corrected chi connectivity index (χ0v) is 19.2. The number of hydrogen-bond donors (Lipinski definition) is 1. The highest BCUT2D eigenvalue weighted by atomic mass is 19.3. The van der Waals surface area contributed by atoms with E-state index in [4.69, 9.17) is 15.5 Å². The summed E-state index contributed by atoms with van der Waals surface area (Å²) in [5, 5.41) is 0.855. The highest BCUT2D eigenvalue weighted by Gasteiger charge is 2.27. The molecule has 1 saturated heterocycles. The maximum Gasteiger partial charge on any atom is 0.404 e. The van der Waals surface area contributed by atoms with Gasteiger partial charge in [0.25, 0.3) is 12.3 Å². The van der Waals surface area contributed by atoms with Crippen LogP contribution in [-0.4, -0.2) is 56.5 Å². The van der Waals surface area contributed by atoms with E-state index in [1.807, 2.05) is 41.7 Å². The molecule has 3 aromatic heterocycles. The van der Waals surface area contributed by atoms with E-state index in [2.05, 4.69) is 0 Å². The summed E-state index contributed by atoms with van der Waals surface area (Å²) >= 11 is 0. The molecule has 4 aromatic rings. The second-order valence-electron chi connectivity index (χ2n) is 8.73. The number of imidazole rings is 1. The van der Waals surface area contributed by atoms with Crippen LogP contribution in [0.5, 0.6) is 0 Å². The number of primary amides is 1. The van der Waals surface area contributed by atoms with Crippen molar-refractivity contribution >= 4 is 28.6 Å². The second kappa shape index (κ2) is 9.01. The number of alkyl halides is 2. The van der Waals surface area contributed by atoms with Gasteiger partial charge in [-0.1, -0.05) is 18.2 Å². The van der Waals surface area contributed by atoms with Gasteiger partial charge in [0.2, 0.25) is 0 Å². The lowest BCUT2D eigenvalue weighted by Crippen LogP contribution is -2.44. The minimum absolute atomic E-state index is 0.195. The number of hydrogen-bond acceptors (Lipinski definition) is 4. The largest absolute Gasteiger partial charge is 0.445 e. The molecule has 2 N–H and O–H groups in total. The summed E-state index contributed by atoms with van der Waals surface area (Å²) in [6.07, 6.45) is -0.677. The minimum Gasteiger partial charge on any atom is -0.445 e. The smallest absolute Gasteiger partial charge is 0.404 e. The van der Waals surface area contributed by atoms with Gasteiger partial charge in [-0.3, -0.25) is 4.79 Å². The number of nitrogens with two attached hydrogens (primary N) is 1. The SMILES string of the molecule is Cc1c(-c2cc3ccccc3n2CC(F)F)nc2cc(C(=O)N3CCC[C@@H](OC(N)=O)C3)ccn12. The van der Waals surface area contributed by atoms with Crippen LogP contribution in [0, 0.1) is 6.92 Å². The minimum atomic E-state index is -2.52. The number of fused-ring (bicyclic) bond motifs is 2. The molecule has 1 atom stereocenters. The molecule has 5 rings (SSSR count). The van der Waals surface area contributed by atoms with Gasteiger partial charge in [0.15, 0.2) is 0 Å². The molecule has 0 spiro atoms. The monoisotopic (exact) mass is 481 g/mol. The van der Waals surface area contributed by atoms with E-state index in [1.54, 1.807) is 27.8 Å². The van der Waals surface area contributed by atoms with E-state index < -0.39 is 25.2 Å². The molecule has 0 aliphatic carbocycles. The summed E-state index contributed by atoms with van der Waals surface area (Å²) in [4.78, 5) is 30.6. The Bertz CT molecular complexity index is 1430. The molecular weight excluding hydrogens is 456 g/mol. The number of aromatic nitrogens is 3. The van der Waals surface area contributed by atoms with Gasteiger partial charge in [-0.15, -0.1) is 0 Å². The summed E-state index contributed by atoms with van der Waals surface area (Å²) in [6, 6.07) is 12.7. The van der Waals surface area contributed by atoms with E-state index >= 15 is 0 Å². The summed E-state index contributed by atoms with van der Waals surface area (Å²) in [5.74, 6) is -0.195. The third-order valence-corrected chi connectivity index (χ3v) is 6.43. The van der Waals surface area contributed by atoms with Gasteiger partial charge < -0.3 is 24.3 Å². The standard InChI is InChI=1S/C25H25F2N5O3/c1-15-23(20-11-16-5-2-3-7-19(16)32(20)14-21(26)27)29-22-12-17(8-10-31(15)22)24(33)30-9-4-6-18(13-30)35-25(28)34/h2-3,5,7-8,10-12,18,21H,4,6,9,13-14H2,1H3,(H2,28,34)/t18-/m1/s1. The van der Waals surface area contributed by atoms with Gasteiger partial charge in [-0.25, -0.2) is 18.6 Å². The first-order valence-electron chi connectivity index (χ1n) is 11.4. The predicted octanol–water partition coefficient (Wildman–Crippen LogP) is 4.23. The fraction of sp³-hybridized carbons (Fsp3) is 0.320. The maximum absolute atomic E-state index is 13.4. The number of rotatable bonds is 5. The van der Waals surface area contributed by atoms with Crippen molar-refractivity contribution in [1.29, 1.82) is 0 Å². The summed E-state index contributed by atoms with van der Waals surface area (Å²) in [6.45, 7) is 2.26. The summed E-state index contributed by atoms with van der Waals surface area (Å²) in [7, 11) is 0. The Labute approximate surface area is 199 Å². The normalized spacial score (nSPS) is 16.3. The summed E-state index contributed by atoms with van der Waals surface area (Å²) < 4.78 is 35.4. The van der Waals surface area contributed by atoms with Crippen LogP contribution in [-0.2, 0) is 11.3 Å². The first kappa shape index (κ1) is 22.8. The molecule has 4 heterocycles. The number of halogens is 2. The Hall–Kier alpha value is -3.95. The lowest BCUT2D eigenvalue weighted by Gasteiger charge is -2.32. The topological polar surface area (TPSA) is 94.9 Å². The lowest BCUT2D eigenvalue weighted by molar-refractivity contribution is 0.0373. The summed E-state index contributed by atoms with van der Waals surface area (Å²) in [5.41, 5.74) is 8.79. The first-order chi connectivity index (χ1) is 16.8. The van der Waals surface area contributed by atoms with Crippen LogP contribution in [0.3, 0.4) is 0 Å².